The monoisotopic (exact) mass is 567 g/mol. The van der Waals surface area contributed by atoms with E-state index in [-0.39, 0.29) is 23.8 Å². The molecule has 2 atom stereocenters. The van der Waals surface area contributed by atoms with Gasteiger partial charge in [0.05, 0.1) is 25.0 Å². The fraction of sp³-hybridized carbons (Fsp3) is 0.944. The second kappa shape index (κ2) is 30.9. The molecule has 40 heavy (non-hydrogen) atoms. The molecule has 238 valence electrons. The Bertz CT molecular complexity index is 499. The van der Waals surface area contributed by atoms with Gasteiger partial charge in [-0.1, -0.05) is 169 Å². The lowest BCUT2D eigenvalue weighted by Crippen LogP contribution is -2.33. The molecule has 0 bridgehead atoms. The summed E-state index contributed by atoms with van der Waals surface area (Å²) in [6.45, 7) is 9.65. The maximum Gasteiger partial charge on any atom is 0.309 e. The lowest BCUT2D eigenvalue weighted by atomic mass is 9.83. The molecule has 0 spiro atoms. The molecule has 0 aromatic carbocycles. The van der Waals surface area contributed by atoms with E-state index >= 15 is 0 Å². The van der Waals surface area contributed by atoms with Crippen LogP contribution in [0.15, 0.2) is 0 Å². The van der Waals surface area contributed by atoms with Crippen molar-refractivity contribution >= 4 is 11.9 Å². The van der Waals surface area contributed by atoms with Crippen LogP contribution in [-0.2, 0) is 19.1 Å². The van der Waals surface area contributed by atoms with E-state index in [1.807, 2.05) is 0 Å². The van der Waals surface area contributed by atoms with Gasteiger partial charge in [0.15, 0.2) is 0 Å². The summed E-state index contributed by atoms with van der Waals surface area (Å²) >= 11 is 0. The molecule has 2 unspecified atom stereocenters. The Morgan fingerprint density at radius 2 is 0.625 bits per heavy atom. The molecule has 0 aliphatic carbocycles. The number of hydrogen-bond acceptors (Lipinski definition) is 4. The summed E-state index contributed by atoms with van der Waals surface area (Å²) in [6.07, 6.45) is 30.5. The van der Waals surface area contributed by atoms with Crippen LogP contribution >= 0.6 is 0 Å². The average Bonchev–Trinajstić information content (AvgIpc) is 2.95. The topological polar surface area (TPSA) is 52.6 Å². The van der Waals surface area contributed by atoms with Crippen LogP contribution in [0.4, 0.5) is 0 Å². The molecule has 0 N–H and O–H groups in total. The molecule has 0 rings (SSSR count). The molecule has 0 aromatic rings. The SMILES string of the molecule is CCCCCCCCCCCCC(C(=O)OCCCC)C(CCCCCCCCCCCC)C(=O)OCCCC. The van der Waals surface area contributed by atoms with Gasteiger partial charge in [0.2, 0.25) is 0 Å². The first-order chi connectivity index (χ1) is 19.6. The largest absolute Gasteiger partial charge is 0.465 e. The van der Waals surface area contributed by atoms with Gasteiger partial charge >= 0.3 is 11.9 Å². The van der Waals surface area contributed by atoms with E-state index < -0.39 is 0 Å². The zero-order valence-corrected chi connectivity index (χ0v) is 27.6. The van der Waals surface area contributed by atoms with Gasteiger partial charge in [0, 0.05) is 0 Å². The second-order valence-corrected chi connectivity index (χ2v) is 12.2. The number of hydrogen-bond donors (Lipinski definition) is 0. The average molecular weight is 567 g/mol. The molecule has 0 saturated carbocycles. The first-order valence-corrected chi connectivity index (χ1v) is 17.9. The maximum absolute atomic E-state index is 13.2. The minimum atomic E-state index is -0.362. The molecule has 4 heteroatoms. The summed E-state index contributed by atoms with van der Waals surface area (Å²) in [7, 11) is 0. The van der Waals surface area contributed by atoms with E-state index in [0.717, 1.165) is 64.2 Å². The number of carbonyl (C=O) groups excluding carboxylic acids is 2. The highest BCUT2D eigenvalue weighted by Crippen LogP contribution is 2.28. The Hall–Kier alpha value is -1.06. The quantitative estimate of drug-likeness (QED) is 0.0618. The smallest absolute Gasteiger partial charge is 0.309 e. The van der Waals surface area contributed by atoms with Crippen molar-refractivity contribution in [3.05, 3.63) is 0 Å². The van der Waals surface area contributed by atoms with Crippen LogP contribution < -0.4 is 0 Å². The van der Waals surface area contributed by atoms with Crippen LogP contribution in [-0.4, -0.2) is 25.2 Å². The summed E-state index contributed by atoms with van der Waals surface area (Å²) in [5.74, 6) is -1.07. The molecule has 0 saturated heterocycles. The van der Waals surface area contributed by atoms with Crippen molar-refractivity contribution in [2.75, 3.05) is 13.2 Å². The van der Waals surface area contributed by atoms with Gasteiger partial charge in [-0.05, 0) is 25.7 Å². The molecule has 0 aromatic heterocycles. The van der Waals surface area contributed by atoms with Crippen molar-refractivity contribution in [2.45, 2.75) is 195 Å². The standard InChI is InChI=1S/C36H70O4/c1-5-9-13-15-17-19-21-23-25-27-29-33(35(37)39-31-11-7-3)34(36(38)40-32-12-8-4)30-28-26-24-22-20-18-16-14-10-6-2/h33-34H,5-32H2,1-4H3. The van der Waals surface area contributed by atoms with E-state index in [9.17, 15) is 9.59 Å². The molecule has 4 nitrogen and oxygen atoms in total. The Morgan fingerprint density at radius 1 is 0.375 bits per heavy atom. The van der Waals surface area contributed by atoms with Crippen LogP contribution in [0.25, 0.3) is 0 Å². The van der Waals surface area contributed by atoms with Crippen molar-refractivity contribution in [1.29, 1.82) is 0 Å². The maximum atomic E-state index is 13.2. The predicted molar refractivity (Wildman–Crippen MR) is 172 cm³/mol. The number of ether oxygens (including phenoxy) is 2. The predicted octanol–water partition coefficient (Wildman–Crippen LogP) is 11.5. The highest BCUT2D eigenvalue weighted by Gasteiger charge is 2.35. The van der Waals surface area contributed by atoms with Crippen molar-refractivity contribution < 1.29 is 19.1 Å². The Kier molecular flexibility index (Phi) is 30.1. The van der Waals surface area contributed by atoms with Crippen molar-refractivity contribution in [1.82, 2.24) is 0 Å². The van der Waals surface area contributed by atoms with Gasteiger partial charge in [-0.25, -0.2) is 0 Å². The van der Waals surface area contributed by atoms with Gasteiger partial charge in [0.1, 0.15) is 0 Å². The van der Waals surface area contributed by atoms with E-state index in [1.54, 1.807) is 0 Å². The molecule has 0 amide bonds. The van der Waals surface area contributed by atoms with E-state index in [4.69, 9.17) is 9.47 Å². The Balaban J connectivity index is 4.83. The molecular weight excluding hydrogens is 496 g/mol. The highest BCUT2D eigenvalue weighted by molar-refractivity contribution is 5.82. The molecule has 0 aliphatic heterocycles. The van der Waals surface area contributed by atoms with Gasteiger partial charge in [0.25, 0.3) is 0 Å². The molecule has 0 radical (unpaired) electrons. The number of rotatable bonds is 31. The third-order valence-electron chi connectivity index (χ3n) is 8.31. The van der Waals surface area contributed by atoms with Crippen LogP contribution in [0.3, 0.4) is 0 Å². The zero-order chi connectivity index (χ0) is 29.5. The zero-order valence-electron chi connectivity index (χ0n) is 27.6. The summed E-state index contributed by atoms with van der Waals surface area (Å²) in [4.78, 5) is 26.5. The van der Waals surface area contributed by atoms with Crippen LogP contribution in [0.5, 0.6) is 0 Å². The number of esters is 2. The molecule has 0 heterocycles. The van der Waals surface area contributed by atoms with Crippen LogP contribution in [0, 0.1) is 11.8 Å². The summed E-state index contributed by atoms with van der Waals surface area (Å²) in [5.41, 5.74) is 0. The number of carbonyl (C=O) groups is 2. The van der Waals surface area contributed by atoms with Crippen molar-refractivity contribution in [3.8, 4) is 0 Å². The lowest BCUT2D eigenvalue weighted by Gasteiger charge is -2.25. The Morgan fingerprint density at radius 3 is 0.900 bits per heavy atom. The van der Waals surface area contributed by atoms with Crippen molar-refractivity contribution in [2.24, 2.45) is 11.8 Å². The van der Waals surface area contributed by atoms with Crippen LogP contribution in [0.2, 0.25) is 0 Å². The summed E-state index contributed by atoms with van der Waals surface area (Å²) in [6, 6.07) is 0. The Labute approximate surface area is 250 Å². The number of unbranched alkanes of at least 4 members (excludes halogenated alkanes) is 20. The second-order valence-electron chi connectivity index (χ2n) is 12.2. The fourth-order valence-electron chi connectivity index (χ4n) is 5.52. The van der Waals surface area contributed by atoms with Crippen LogP contribution in [0.1, 0.15) is 195 Å². The molecular formula is C36H70O4. The van der Waals surface area contributed by atoms with Gasteiger partial charge in [-0.15, -0.1) is 0 Å². The molecule has 0 fully saturated rings. The van der Waals surface area contributed by atoms with Gasteiger partial charge < -0.3 is 9.47 Å². The van der Waals surface area contributed by atoms with E-state index in [1.165, 1.54) is 103 Å². The van der Waals surface area contributed by atoms with Gasteiger partial charge in [-0.2, -0.15) is 0 Å². The normalized spacial score (nSPS) is 12.8. The third-order valence-corrected chi connectivity index (χ3v) is 8.31. The van der Waals surface area contributed by atoms with Crippen molar-refractivity contribution in [3.63, 3.8) is 0 Å². The summed E-state index contributed by atoms with van der Waals surface area (Å²) < 4.78 is 11.4. The summed E-state index contributed by atoms with van der Waals surface area (Å²) in [5, 5.41) is 0. The van der Waals surface area contributed by atoms with E-state index in [2.05, 4.69) is 27.7 Å². The minimum Gasteiger partial charge on any atom is -0.465 e. The third kappa shape index (κ3) is 23.6. The first kappa shape index (κ1) is 38.9. The molecule has 0 aliphatic rings. The van der Waals surface area contributed by atoms with E-state index in [0.29, 0.717) is 13.2 Å². The van der Waals surface area contributed by atoms with Gasteiger partial charge in [-0.3, -0.25) is 9.59 Å². The first-order valence-electron chi connectivity index (χ1n) is 17.9. The fourth-order valence-corrected chi connectivity index (χ4v) is 5.52. The highest BCUT2D eigenvalue weighted by atomic mass is 16.5. The lowest BCUT2D eigenvalue weighted by molar-refractivity contribution is -0.161. The minimum absolute atomic E-state index is 0.172.